The van der Waals surface area contributed by atoms with E-state index in [2.05, 4.69) is 67.1 Å². The number of primary amides is 1. The zero-order chi connectivity index (χ0) is 24.2. The summed E-state index contributed by atoms with van der Waals surface area (Å²) >= 11 is 0. The molecule has 0 spiro atoms. The van der Waals surface area contributed by atoms with Crippen molar-refractivity contribution in [3.8, 4) is 11.8 Å². The van der Waals surface area contributed by atoms with Crippen LogP contribution in [0.5, 0.6) is 0 Å². The monoisotopic (exact) mass is 460 g/mol. The first-order valence-electron chi connectivity index (χ1n) is 12.6. The number of aryl methyl sites for hydroxylation is 1. The fourth-order valence-corrected chi connectivity index (χ4v) is 5.09. The molecule has 1 aliphatic heterocycles. The molecule has 0 bridgehead atoms. The summed E-state index contributed by atoms with van der Waals surface area (Å²) in [5, 5.41) is 4.30. The first kappa shape index (κ1) is 24.1. The second-order valence-corrected chi connectivity index (χ2v) is 10.2. The van der Waals surface area contributed by atoms with Crippen molar-refractivity contribution < 1.29 is 9.59 Å². The Morgan fingerprint density at radius 3 is 2.59 bits per heavy atom. The molecule has 0 radical (unpaired) electrons. The van der Waals surface area contributed by atoms with Crippen molar-refractivity contribution in [3.05, 3.63) is 35.4 Å². The minimum absolute atomic E-state index is 0.0153. The topological polar surface area (TPSA) is 88.3 Å². The Labute approximate surface area is 202 Å². The van der Waals surface area contributed by atoms with Crippen LogP contribution in [0, 0.1) is 36.5 Å². The number of pyridine rings is 1. The van der Waals surface area contributed by atoms with E-state index >= 15 is 0 Å². The second kappa shape index (κ2) is 10.5. The van der Waals surface area contributed by atoms with Gasteiger partial charge >= 0.3 is 0 Å². The molecule has 2 heterocycles. The summed E-state index contributed by atoms with van der Waals surface area (Å²) in [5.41, 5.74) is 8.62. The summed E-state index contributed by atoms with van der Waals surface area (Å²) in [6.45, 7) is 7.81. The summed E-state index contributed by atoms with van der Waals surface area (Å²) in [6.07, 6.45) is 4.92. The van der Waals surface area contributed by atoms with Crippen molar-refractivity contribution >= 4 is 28.5 Å². The Balaban J connectivity index is 1.45. The number of benzene rings is 1. The number of carbonyl (C=O) groups excluding carboxylic acids is 2. The van der Waals surface area contributed by atoms with Crippen LogP contribution in [0.25, 0.3) is 10.9 Å². The summed E-state index contributed by atoms with van der Waals surface area (Å²) in [5.74, 6) is 7.57. The van der Waals surface area contributed by atoms with Gasteiger partial charge in [0.15, 0.2) is 0 Å². The number of aromatic nitrogens is 1. The molecule has 6 nitrogen and oxygen atoms in total. The number of anilines is 1. The van der Waals surface area contributed by atoms with Gasteiger partial charge in [0.05, 0.1) is 11.1 Å². The van der Waals surface area contributed by atoms with Crippen molar-refractivity contribution in [2.24, 2.45) is 23.5 Å². The first-order valence-corrected chi connectivity index (χ1v) is 12.6. The van der Waals surface area contributed by atoms with Crippen LogP contribution in [0.4, 0.5) is 5.82 Å². The average molecular weight is 461 g/mol. The molecule has 2 aliphatic rings. The zero-order valence-corrected chi connectivity index (χ0v) is 20.6. The normalized spacial score (nSPS) is 21.2. The molecule has 6 heteroatoms. The van der Waals surface area contributed by atoms with Crippen LogP contribution in [0.1, 0.15) is 63.5 Å². The lowest BCUT2D eigenvalue weighted by Crippen LogP contribution is -2.46. The number of hydrogen-bond donors (Lipinski definition) is 2. The van der Waals surface area contributed by atoms with Gasteiger partial charge in [-0.25, -0.2) is 4.98 Å². The standard InChI is InChI=1S/C28H36N4O2/c1-18(2)7-9-22-16-23-15-19(3)8-10-25(23)31-27(22)32-13-11-20(12-14-32)28(34)30-24-6-4-5-21(17-24)26(29)33/h8,10,15-16,18,20-21,24H,4-6,11-14,17H2,1-3H3,(H2,29,33)(H,30,34)/t21-,24-/m0/s1. The number of nitrogens with zero attached hydrogens (tertiary/aromatic N) is 2. The number of amides is 2. The van der Waals surface area contributed by atoms with Gasteiger partial charge in [-0.15, -0.1) is 0 Å². The highest BCUT2D eigenvalue weighted by atomic mass is 16.2. The lowest BCUT2D eigenvalue weighted by atomic mass is 9.84. The lowest BCUT2D eigenvalue weighted by Gasteiger charge is -2.34. The number of rotatable bonds is 4. The molecule has 2 aromatic rings. The van der Waals surface area contributed by atoms with Crippen LogP contribution >= 0.6 is 0 Å². The van der Waals surface area contributed by atoms with Crippen LogP contribution in [-0.4, -0.2) is 35.9 Å². The molecule has 180 valence electrons. The van der Waals surface area contributed by atoms with Gasteiger partial charge in [0, 0.05) is 42.3 Å². The Hall–Kier alpha value is -3.07. The molecule has 34 heavy (non-hydrogen) atoms. The highest BCUT2D eigenvalue weighted by molar-refractivity contribution is 5.84. The first-order chi connectivity index (χ1) is 16.3. The molecule has 1 saturated carbocycles. The van der Waals surface area contributed by atoms with E-state index < -0.39 is 0 Å². The average Bonchev–Trinajstić information content (AvgIpc) is 2.82. The number of fused-ring (bicyclic) bond motifs is 1. The minimum Gasteiger partial charge on any atom is -0.369 e. The number of nitrogens with two attached hydrogens (primary N) is 1. The fourth-order valence-electron chi connectivity index (χ4n) is 5.09. The maximum absolute atomic E-state index is 13.0. The maximum Gasteiger partial charge on any atom is 0.223 e. The molecule has 0 unspecified atom stereocenters. The van der Waals surface area contributed by atoms with Gasteiger partial charge < -0.3 is 16.0 Å². The lowest BCUT2D eigenvalue weighted by molar-refractivity contribution is -0.128. The Bertz CT molecular complexity index is 1120. The maximum atomic E-state index is 13.0. The van der Waals surface area contributed by atoms with E-state index in [9.17, 15) is 9.59 Å². The highest BCUT2D eigenvalue weighted by Gasteiger charge is 2.31. The number of hydrogen-bond acceptors (Lipinski definition) is 4. The SMILES string of the molecule is Cc1ccc2nc(N3CCC(C(=O)N[C@H]4CCC[C@H](C(N)=O)C4)CC3)c(C#CC(C)C)cc2c1. The third-order valence-corrected chi connectivity index (χ3v) is 7.03. The van der Waals surface area contributed by atoms with Crippen molar-refractivity contribution in [3.63, 3.8) is 0 Å². The summed E-state index contributed by atoms with van der Waals surface area (Å²) in [6, 6.07) is 8.51. The number of carbonyl (C=O) groups is 2. The van der Waals surface area contributed by atoms with E-state index in [1.165, 1.54) is 5.56 Å². The van der Waals surface area contributed by atoms with Crippen molar-refractivity contribution in [2.75, 3.05) is 18.0 Å². The number of piperidine rings is 1. The molecular weight excluding hydrogens is 424 g/mol. The Kier molecular flexibility index (Phi) is 7.41. The molecule has 1 aromatic carbocycles. The molecule has 4 rings (SSSR count). The van der Waals surface area contributed by atoms with Crippen LogP contribution < -0.4 is 16.0 Å². The molecule has 1 aromatic heterocycles. The van der Waals surface area contributed by atoms with Gasteiger partial charge in [-0.05, 0) is 57.2 Å². The molecule has 1 aliphatic carbocycles. The number of nitrogens with one attached hydrogen (secondary N) is 1. The molecule has 1 saturated heterocycles. The van der Waals surface area contributed by atoms with Crippen molar-refractivity contribution in [1.29, 1.82) is 0 Å². The van der Waals surface area contributed by atoms with Crippen molar-refractivity contribution in [1.82, 2.24) is 10.3 Å². The van der Waals surface area contributed by atoms with Gasteiger partial charge in [-0.1, -0.05) is 43.7 Å². The van der Waals surface area contributed by atoms with Crippen LogP contribution in [0.2, 0.25) is 0 Å². The van der Waals surface area contributed by atoms with Crippen LogP contribution in [-0.2, 0) is 9.59 Å². The second-order valence-electron chi connectivity index (χ2n) is 10.2. The third-order valence-electron chi connectivity index (χ3n) is 7.03. The van der Waals surface area contributed by atoms with E-state index in [4.69, 9.17) is 10.7 Å². The quantitative estimate of drug-likeness (QED) is 0.677. The van der Waals surface area contributed by atoms with Crippen LogP contribution in [0.3, 0.4) is 0 Å². The van der Waals surface area contributed by atoms with Gasteiger partial charge in [0.25, 0.3) is 0 Å². The summed E-state index contributed by atoms with van der Waals surface area (Å²) < 4.78 is 0. The van der Waals surface area contributed by atoms with Gasteiger partial charge in [0.2, 0.25) is 11.8 Å². The summed E-state index contributed by atoms with van der Waals surface area (Å²) in [4.78, 5) is 31.8. The van der Waals surface area contributed by atoms with E-state index in [1.54, 1.807) is 0 Å². The molecule has 3 N–H and O–H groups in total. The predicted octanol–water partition coefficient (Wildman–Crippen LogP) is 3.93. The van der Waals surface area contributed by atoms with E-state index in [-0.39, 0.29) is 35.6 Å². The Morgan fingerprint density at radius 1 is 1.12 bits per heavy atom. The van der Waals surface area contributed by atoms with E-state index in [0.29, 0.717) is 6.42 Å². The molecular formula is C28H36N4O2. The van der Waals surface area contributed by atoms with E-state index in [0.717, 1.165) is 67.5 Å². The summed E-state index contributed by atoms with van der Waals surface area (Å²) in [7, 11) is 0. The van der Waals surface area contributed by atoms with Crippen LogP contribution in [0.15, 0.2) is 24.3 Å². The minimum atomic E-state index is -0.248. The largest absolute Gasteiger partial charge is 0.369 e. The molecule has 2 fully saturated rings. The van der Waals surface area contributed by atoms with E-state index in [1.807, 2.05) is 0 Å². The van der Waals surface area contributed by atoms with Gasteiger partial charge in [-0.3, -0.25) is 9.59 Å². The van der Waals surface area contributed by atoms with Crippen molar-refractivity contribution in [2.45, 2.75) is 65.3 Å². The van der Waals surface area contributed by atoms with Gasteiger partial charge in [-0.2, -0.15) is 0 Å². The highest BCUT2D eigenvalue weighted by Crippen LogP contribution is 2.29. The fraction of sp³-hybridized carbons (Fsp3) is 0.536. The zero-order valence-electron chi connectivity index (χ0n) is 20.6. The smallest absolute Gasteiger partial charge is 0.223 e. The molecule has 2 amide bonds. The molecule has 2 atom stereocenters. The van der Waals surface area contributed by atoms with Gasteiger partial charge in [0.1, 0.15) is 5.82 Å². The Morgan fingerprint density at radius 2 is 1.88 bits per heavy atom. The predicted molar refractivity (Wildman–Crippen MR) is 136 cm³/mol. The third kappa shape index (κ3) is 5.70.